The van der Waals surface area contributed by atoms with Crippen LogP contribution in [0.5, 0.6) is 0 Å². The molecule has 1 heterocycles. The van der Waals surface area contributed by atoms with E-state index < -0.39 is 4.75 Å². The highest BCUT2D eigenvalue weighted by Gasteiger charge is 2.29. The molecule has 3 nitrogen and oxygen atoms in total. The van der Waals surface area contributed by atoms with Crippen LogP contribution in [0.1, 0.15) is 26.3 Å². The summed E-state index contributed by atoms with van der Waals surface area (Å²) in [6, 6.07) is 5.73. The van der Waals surface area contributed by atoms with Crippen molar-refractivity contribution in [3.05, 3.63) is 34.9 Å². The molecular weight excluding hydrogens is 326 g/mol. The summed E-state index contributed by atoms with van der Waals surface area (Å²) in [5.41, 5.74) is 4.54. The number of hydrogen-bond acceptors (Lipinski definition) is 5. The van der Waals surface area contributed by atoms with Crippen LogP contribution in [0, 0.1) is 0 Å². The zero-order valence-corrected chi connectivity index (χ0v) is 14.8. The third-order valence-corrected chi connectivity index (χ3v) is 5.74. The first-order chi connectivity index (χ1) is 9.83. The van der Waals surface area contributed by atoms with Crippen molar-refractivity contribution in [2.24, 2.45) is 0 Å². The minimum absolute atomic E-state index is 0.299. The Bertz CT molecular complexity index is 587. The molecule has 1 aromatic carbocycles. The Morgan fingerprint density at radius 3 is 2.86 bits per heavy atom. The van der Waals surface area contributed by atoms with Gasteiger partial charge in [0.05, 0.1) is 5.70 Å². The molecule has 0 amide bonds. The second kappa shape index (κ2) is 6.55. The van der Waals surface area contributed by atoms with Crippen molar-refractivity contribution < 1.29 is 9.63 Å². The molecule has 1 atom stereocenters. The standard InChI is InChI=1S/C15H18ClNO2S2/c1-9-7-12(17-19-14(18)15(2,3)20-4)11-8-10(16)5-6-13(11)21-9/h5-9,17H,1-4H3. The van der Waals surface area contributed by atoms with Crippen LogP contribution in [-0.2, 0) is 9.63 Å². The van der Waals surface area contributed by atoms with E-state index in [4.69, 9.17) is 16.4 Å². The van der Waals surface area contributed by atoms with E-state index in [1.807, 2.05) is 44.4 Å². The topological polar surface area (TPSA) is 38.3 Å². The lowest BCUT2D eigenvalue weighted by Crippen LogP contribution is -2.34. The molecule has 0 saturated heterocycles. The summed E-state index contributed by atoms with van der Waals surface area (Å²) >= 11 is 9.26. The Hall–Kier alpha value is -0.780. The van der Waals surface area contributed by atoms with Gasteiger partial charge >= 0.3 is 5.97 Å². The predicted octanol–water partition coefficient (Wildman–Crippen LogP) is 4.36. The number of halogens is 1. The maximum atomic E-state index is 12.0. The van der Waals surface area contributed by atoms with Gasteiger partial charge < -0.3 is 4.84 Å². The first-order valence-corrected chi connectivity index (χ1v) is 9.02. The zero-order valence-electron chi connectivity index (χ0n) is 12.4. The monoisotopic (exact) mass is 343 g/mol. The first kappa shape index (κ1) is 16.6. The van der Waals surface area contributed by atoms with Crippen LogP contribution in [0.15, 0.2) is 29.2 Å². The van der Waals surface area contributed by atoms with Gasteiger partial charge in [0.1, 0.15) is 4.75 Å². The van der Waals surface area contributed by atoms with Gasteiger partial charge in [-0.15, -0.1) is 23.5 Å². The number of rotatable bonds is 4. The van der Waals surface area contributed by atoms with Gasteiger partial charge in [-0.2, -0.15) is 0 Å². The normalized spacial score (nSPS) is 17.8. The molecule has 1 aliphatic rings. The first-order valence-electron chi connectivity index (χ1n) is 6.54. The number of fused-ring (bicyclic) bond motifs is 1. The van der Waals surface area contributed by atoms with Gasteiger partial charge in [-0.1, -0.05) is 11.6 Å². The predicted molar refractivity (Wildman–Crippen MR) is 91.6 cm³/mol. The number of nitrogens with one attached hydrogen (secondary N) is 1. The highest BCUT2D eigenvalue weighted by atomic mass is 35.5. The Kier molecular flexibility index (Phi) is 5.17. The minimum Gasteiger partial charge on any atom is -0.342 e. The lowest BCUT2D eigenvalue weighted by molar-refractivity contribution is -0.150. The van der Waals surface area contributed by atoms with E-state index in [0.717, 1.165) is 16.2 Å². The Balaban J connectivity index is 2.17. The van der Waals surface area contributed by atoms with Crippen molar-refractivity contribution in [3.8, 4) is 0 Å². The van der Waals surface area contributed by atoms with Crippen molar-refractivity contribution in [3.63, 3.8) is 0 Å². The Labute approximate surface area is 138 Å². The van der Waals surface area contributed by atoms with Gasteiger partial charge in [0.25, 0.3) is 0 Å². The van der Waals surface area contributed by atoms with Crippen molar-refractivity contribution in [2.45, 2.75) is 35.7 Å². The molecule has 1 unspecified atom stereocenters. The number of thioether (sulfide) groups is 2. The summed E-state index contributed by atoms with van der Waals surface area (Å²) in [5, 5.41) is 0.959. The summed E-state index contributed by atoms with van der Waals surface area (Å²) < 4.78 is -0.584. The lowest BCUT2D eigenvalue weighted by Gasteiger charge is -2.24. The largest absolute Gasteiger partial charge is 0.347 e. The van der Waals surface area contributed by atoms with Gasteiger partial charge in [-0.25, -0.2) is 10.3 Å². The molecule has 0 fully saturated rings. The van der Waals surface area contributed by atoms with Crippen LogP contribution >= 0.6 is 35.1 Å². The average molecular weight is 344 g/mol. The second-order valence-electron chi connectivity index (χ2n) is 5.25. The van der Waals surface area contributed by atoms with Gasteiger partial charge in [-0.05, 0) is 51.3 Å². The summed E-state index contributed by atoms with van der Waals surface area (Å²) in [7, 11) is 0. The molecule has 21 heavy (non-hydrogen) atoms. The fraction of sp³-hybridized carbons (Fsp3) is 0.400. The Morgan fingerprint density at radius 1 is 1.48 bits per heavy atom. The highest BCUT2D eigenvalue weighted by Crippen LogP contribution is 2.37. The maximum absolute atomic E-state index is 12.0. The molecule has 0 aromatic heterocycles. The average Bonchev–Trinajstić information content (AvgIpc) is 2.44. The summed E-state index contributed by atoms with van der Waals surface area (Å²) in [4.78, 5) is 18.4. The molecule has 0 spiro atoms. The van der Waals surface area contributed by atoms with Crippen LogP contribution < -0.4 is 5.48 Å². The molecule has 1 aromatic rings. The van der Waals surface area contributed by atoms with E-state index in [0.29, 0.717) is 10.3 Å². The van der Waals surface area contributed by atoms with E-state index in [1.54, 1.807) is 11.8 Å². The number of carbonyl (C=O) groups is 1. The molecule has 2 rings (SSSR count). The van der Waals surface area contributed by atoms with E-state index in [9.17, 15) is 4.79 Å². The molecule has 0 aliphatic carbocycles. The fourth-order valence-electron chi connectivity index (χ4n) is 1.77. The molecule has 114 valence electrons. The molecular formula is C15H18ClNO2S2. The number of carbonyl (C=O) groups excluding carboxylic acids is 1. The molecule has 1 aliphatic heterocycles. The van der Waals surface area contributed by atoms with E-state index in [-0.39, 0.29) is 5.97 Å². The molecule has 0 saturated carbocycles. The lowest BCUT2D eigenvalue weighted by atomic mass is 10.1. The maximum Gasteiger partial charge on any atom is 0.347 e. The molecule has 0 radical (unpaired) electrons. The fourth-order valence-corrected chi connectivity index (χ4v) is 3.20. The summed E-state index contributed by atoms with van der Waals surface area (Å²) in [5.74, 6) is -0.301. The van der Waals surface area contributed by atoms with Crippen molar-refractivity contribution in [1.82, 2.24) is 5.48 Å². The number of hydroxylamine groups is 1. The van der Waals surface area contributed by atoms with Crippen molar-refractivity contribution in [1.29, 1.82) is 0 Å². The highest BCUT2D eigenvalue weighted by molar-refractivity contribution is 8.00. The number of benzene rings is 1. The quantitative estimate of drug-likeness (QED) is 0.822. The summed E-state index contributed by atoms with van der Waals surface area (Å²) in [6.45, 7) is 5.76. The smallest absolute Gasteiger partial charge is 0.342 e. The molecule has 6 heteroatoms. The minimum atomic E-state index is -0.584. The van der Waals surface area contributed by atoms with Gasteiger partial charge in [0, 0.05) is 20.7 Å². The summed E-state index contributed by atoms with van der Waals surface area (Å²) in [6.07, 6.45) is 3.91. The van der Waals surface area contributed by atoms with Crippen molar-refractivity contribution in [2.75, 3.05) is 6.26 Å². The van der Waals surface area contributed by atoms with Crippen LogP contribution in [-0.4, -0.2) is 22.2 Å². The molecule has 0 bridgehead atoms. The Morgan fingerprint density at radius 2 is 2.19 bits per heavy atom. The van der Waals surface area contributed by atoms with Gasteiger partial charge in [0.2, 0.25) is 0 Å². The third-order valence-electron chi connectivity index (χ3n) is 3.20. The van der Waals surface area contributed by atoms with Crippen LogP contribution in [0.25, 0.3) is 5.70 Å². The van der Waals surface area contributed by atoms with E-state index >= 15 is 0 Å². The van der Waals surface area contributed by atoms with Crippen LogP contribution in [0.4, 0.5) is 0 Å². The van der Waals surface area contributed by atoms with Gasteiger partial charge in [0.15, 0.2) is 0 Å². The molecule has 1 N–H and O–H groups in total. The SMILES string of the molecule is CSC(C)(C)C(=O)ONC1=CC(C)Sc2ccc(Cl)cc21. The second-order valence-corrected chi connectivity index (χ2v) is 8.53. The van der Waals surface area contributed by atoms with Crippen LogP contribution in [0.3, 0.4) is 0 Å². The van der Waals surface area contributed by atoms with E-state index in [1.165, 1.54) is 11.8 Å². The third kappa shape index (κ3) is 3.90. The van der Waals surface area contributed by atoms with E-state index in [2.05, 4.69) is 12.4 Å². The van der Waals surface area contributed by atoms with Crippen molar-refractivity contribution >= 4 is 46.8 Å². The zero-order chi connectivity index (χ0) is 15.6. The number of hydrogen-bond donors (Lipinski definition) is 1. The van der Waals surface area contributed by atoms with Crippen LogP contribution in [0.2, 0.25) is 5.02 Å². The van der Waals surface area contributed by atoms with Gasteiger partial charge in [-0.3, -0.25) is 0 Å².